The van der Waals surface area contributed by atoms with Gasteiger partial charge in [0.25, 0.3) is 5.56 Å². The van der Waals surface area contributed by atoms with E-state index < -0.39 is 11.2 Å². The minimum atomic E-state index is -0.422. The highest BCUT2D eigenvalue weighted by molar-refractivity contribution is 5.82. The summed E-state index contributed by atoms with van der Waals surface area (Å²) in [5, 5.41) is 0.412. The Labute approximate surface area is 191 Å². The lowest BCUT2D eigenvalue weighted by Gasteiger charge is -2.27. The lowest BCUT2D eigenvalue weighted by atomic mass is 9.87. The smallest absolute Gasteiger partial charge is 0.328 e. The van der Waals surface area contributed by atoms with E-state index in [1.165, 1.54) is 19.8 Å². The van der Waals surface area contributed by atoms with Crippen LogP contribution in [0.2, 0.25) is 0 Å². The zero-order valence-electron chi connectivity index (χ0n) is 19.0. The number of methoxy groups -OCH3 is 2. The number of para-hydroxylation sites is 1. The maximum absolute atomic E-state index is 12.6. The standard InChI is InChI=1S/C25H29N3O5/c1-31-22-11-18-20(12-23(22)32-2)28(25(30)26-24(18)29)10-6-5-9-27-13-16-15-33-21-8-4-3-7-17(21)19(16)14-27/h3-4,7-8,11-12,16,19H,5-6,9-10,13-15H2,1-2H3,(H,26,29,30)/t16-,19+/m1/s1. The summed E-state index contributed by atoms with van der Waals surface area (Å²) >= 11 is 0. The van der Waals surface area contributed by atoms with Gasteiger partial charge in [-0.3, -0.25) is 14.3 Å². The third kappa shape index (κ3) is 3.99. The summed E-state index contributed by atoms with van der Waals surface area (Å²) in [5.41, 5.74) is 1.06. The Balaban J connectivity index is 1.26. The van der Waals surface area contributed by atoms with Gasteiger partial charge >= 0.3 is 5.69 Å². The number of hydrogen-bond acceptors (Lipinski definition) is 6. The zero-order valence-corrected chi connectivity index (χ0v) is 19.0. The van der Waals surface area contributed by atoms with Crippen LogP contribution < -0.4 is 25.5 Å². The third-order valence-electron chi connectivity index (χ3n) is 6.90. The summed E-state index contributed by atoms with van der Waals surface area (Å²) in [6.07, 6.45) is 1.79. The Kier molecular flexibility index (Phi) is 5.85. The molecule has 2 atom stereocenters. The lowest BCUT2D eigenvalue weighted by molar-refractivity contribution is 0.212. The summed E-state index contributed by atoms with van der Waals surface area (Å²) in [4.78, 5) is 29.8. The highest BCUT2D eigenvalue weighted by Gasteiger charge is 2.38. The summed E-state index contributed by atoms with van der Waals surface area (Å²) < 4.78 is 18.3. The average Bonchev–Trinajstić information content (AvgIpc) is 3.26. The minimum absolute atomic E-state index is 0.402. The van der Waals surface area contributed by atoms with Crippen LogP contribution in [0.5, 0.6) is 17.2 Å². The number of H-pyrrole nitrogens is 1. The second-order valence-corrected chi connectivity index (χ2v) is 8.82. The SMILES string of the molecule is COc1cc2c(=O)[nH]c(=O)n(CCCCN3C[C@@H]4COc5ccccc5[C@H]4C3)c2cc1OC. The molecule has 5 rings (SSSR count). The zero-order chi connectivity index (χ0) is 22.9. The highest BCUT2D eigenvalue weighted by atomic mass is 16.5. The van der Waals surface area contributed by atoms with Crippen LogP contribution in [0.15, 0.2) is 46.0 Å². The van der Waals surface area contributed by atoms with Gasteiger partial charge in [-0.15, -0.1) is 0 Å². The van der Waals surface area contributed by atoms with E-state index in [0.717, 1.165) is 44.8 Å². The molecule has 2 aliphatic rings. The Morgan fingerprint density at radius 3 is 2.61 bits per heavy atom. The van der Waals surface area contributed by atoms with Crippen molar-refractivity contribution in [2.45, 2.75) is 25.3 Å². The average molecular weight is 452 g/mol. The van der Waals surface area contributed by atoms with Crippen LogP contribution in [0.3, 0.4) is 0 Å². The van der Waals surface area contributed by atoms with Crippen molar-refractivity contribution < 1.29 is 14.2 Å². The summed E-state index contributed by atoms with van der Waals surface area (Å²) in [7, 11) is 3.06. The van der Waals surface area contributed by atoms with E-state index in [1.54, 1.807) is 16.7 Å². The van der Waals surface area contributed by atoms with Gasteiger partial charge in [0.15, 0.2) is 11.5 Å². The van der Waals surface area contributed by atoms with E-state index in [4.69, 9.17) is 14.2 Å². The van der Waals surface area contributed by atoms with Crippen LogP contribution in [0.25, 0.3) is 10.9 Å². The van der Waals surface area contributed by atoms with Crippen LogP contribution in [-0.2, 0) is 6.54 Å². The van der Waals surface area contributed by atoms with Crippen molar-refractivity contribution in [2.75, 3.05) is 40.5 Å². The van der Waals surface area contributed by atoms with Gasteiger partial charge in [-0.1, -0.05) is 18.2 Å². The molecule has 0 amide bonds. The molecule has 1 N–H and O–H groups in total. The maximum atomic E-state index is 12.6. The van der Waals surface area contributed by atoms with Crippen LogP contribution in [0.4, 0.5) is 0 Å². The number of aromatic amines is 1. The van der Waals surface area contributed by atoms with Crippen molar-refractivity contribution in [3.05, 3.63) is 62.8 Å². The summed E-state index contributed by atoms with van der Waals surface area (Å²) in [6.45, 7) is 4.36. The summed E-state index contributed by atoms with van der Waals surface area (Å²) in [6, 6.07) is 11.7. The molecule has 3 heterocycles. The first-order valence-electron chi connectivity index (χ1n) is 11.4. The molecule has 0 bridgehead atoms. The molecule has 8 nitrogen and oxygen atoms in total. The fourth-order valence-electron chi connectivity index (χ4n) is 5.22. The van der Waals surface area contributed by atoms with Gasteiger partial charge in [-0.05, 0) is 37.1 Å². The monoisotopic (exact) mass is 451 g/mol. The molecule has 2 aliphatic heterocycles. The molecule has 1 fully saturated rings. The Hall–Kier alpha value is -3.26. The topological polar surface area (TPSA) is 85.8 Å². The molecule has 174 valence electrons. The van der Waals surface area contributed by atoms with Crippen molar-refractivity contribution in [1.29, 1.82) is 0 Å². The minimum Gasteiger partial charge on any atom is -0.493 e. The molecule has 33 heavy (non-hydrogen) atoms. The molecule has 3 aromatic rings. The van der Waals surface area contributed by atoms with E-state index in [0.29, 0.717) is 40.8 Å². The molecular formula is C25H29N3O5. The third-order valence-corrected chi connectivity index (χ3v) is 6.90. The first-order chi connectivity index (χ1) is 16.1. The predicted octanol–water partition coefficient (Wildman–Crippen LogP) is 2.60. The summed E-state index contributed by atoms with van der Waals surface area (Å²) in [5.74, 6) is 3.04. The molecular weight excluding hydrogens is 422 g/mol. The number of nitrogens with zero attached hydrogens (tertiary/aromatic N) is 2. The molecule has 2 aromatic carbocycles. The number of fused-ring (bicyclic) bond motifs is 4. The van der Waals surface area contributed by atoms with Crippen LogP contribution >= 0.6 is 0 Å². The van der Waals surface area contributed by atoms with Gasteiger partial charge < -0.3 is 19.1 Å². The van der Waals surface area contributed by atoms with Gasteiger partial charge in [0.05, 0.1) is 31.7 Å². The number of ether oxygens (including phenoxy) is 3. The second-order valence-electron chi connectivity index (χ2n) is 8.82. The van der Waals surface area contributed by atoms with Crippen molar-refractivity contribution in [3.63, 3.8) is 0 Å². The van der Waals surface area contributed by atoms with Gasteiger partial charge in [0.2, 0.25) is 0 Å². The molecule has 1 saturated heterocycles. The molecule has 0 radical (unpaired) electrons. The predicted molar refractivity (Wildman–Crippen MR) is 126 cm³/mol. The van der Waals surface area contributed by atoms with E-state index in [2.05, 4.69) is 28.1 Å². The Morgan fingerprint density at radius 2 is 1.79 bits per heavy atom. The Bertz CT molecular complexity index is 1280. The highest BCUT2D eigenvalue weighted by Crippen LogP contribution is 2.41. The normalized spacial score (nSPS) is 19.7. The van der Waals surface area contributed by atoms with Crippen LogP contribution in [-0.4, -0.2) is 54.9 Å². The number of aryl methyl sites for hydroxylation is 1. The molecule has 0 saturated carbocycles. The van der Waals surface area contributed by atoms with Gasteiger partial charge in [0, 0.05) is 37.5 Å². The first kappa shape index (κ1) is 21.6. The molecule has 0 spiro atoms. The molecule has 8 heteroatoms. The molecule has 0 aliphatic carbocycles. The fraction of sp³-hybridized carbons (Fsp3) is 0.440. The molecule has 1 aromatic heterocycles. The number of unbranched alkanes of at least 4 members (excludes halogenated alkanes) is 1. The number of nitrogens with one attached hydrogen (secondary N) is 1. The van der Waals surface area contributed by atoms with Crippen molar-refractivity contribution in [1.82, 2.24) is 14.5 Å². The number of rotatable bonds is 7. The van der Waals surface area contributed by atoms with Crippen LogP contribution in [0.1, 0.15) is 24.3 Å². The second kappa shape index (κ2) is 8.94. The lowest BCUT2D eigenvalue weighted by Crippen LogP contribution is -2.31. The van der Waals surface area contributed by atoms with Gasteiger partial charge in [-0.25, -0.2) is 4.79 Å². The van der Waals surface area contributed by atoms with Gasteiger partial charge in [-0.2, -0.15) is 0 Å². The number of aromatic nitrogens is 2. The quantitative estimate of drug-likeness (QED) is 0.556. The van der Waals surface area contributed by atoms with E-state index in [-0.39, 0.29) is 0 Å². The maximum Gasteiger partial charge on any atom is 0.328 e. The number of hydrogen-bond donors (Lipinski definition) is 1. The van der Waals surface area contributed by atoms with Crippen molar-refractivity contribution >= 4 is 10.9 Å². The van der Waals surface area contributed by atoms with Crippen molar-refractivity contribution in [2.24, 2.45) is 5.92 Å². The molecule has 0 unspecified atom stereocenters. The van der Waals surface area contributed by atoms with E-state index in [1.807, 2.05) is 6.07 Å². The fourth-order valence-corrected chi connectivity index (χ4v) is 5.22. The van der Waals surface area contributed by atoms with Crippen molar-refractivity contribution in [3.8, 4) is 17.2 Å². The number of likely N-dealkylation sites (tertiary alicyclic amines) is 1. The van der Waals surface area contributed by atoms with E-state index in [9.17, 15) is 9.59 Å². The van der Waals surface area contributed by atoms with Gasteiger partial charge in [0.1, 0.15) is 5.75 Å². The van der Waals surface area contributed by atoms with Crippen LogP contribution in [0, 0.1) is 5.92 Å². The first-order valence-corrected chi connectivity index (χ1v) is 11.4. The largest absolute Gasteiger partial charge is 0.493 e. The number of benzene rings is 2. The Morgan fingerprint density at radius 1 is 1.03 bits per heavy atom. The van der Waals surface area contributed by atoms with E-state index >= 15 is 0 Å².